The summed E-state index contributed by atoms with van der Waals surface area (Å²) >= 11 is 0. The lowest BCUT2D eigenvalue weighted by Gasteiger charge is -2.21. The van der Waals surface area contributed by atoms with Gasteiger partial charge in [-0.25, -0.2) is 12.8 Å². The van der Waals surface area contributed by atoms with Crippen LogP contribution in [0.5, 0.6) is 0 Å². The minimum absolute atomic E-state index is 0.0827. The van der Waals surface area contributed by atoms with Crippen LogP contribution >= 0.6 is 0 Å². The molecule has 8 heteroatoms. The van der Waals surface area contributed by atoms with Crippen LogP contribution in [-0.2, 0) is 24.2 Å². The van der Waals surface area contributed by atoms with Gasteiger partial charge in [-0.2, -0.15) is 0 Å². The number of nitrogens with zero attached hydrogens (tertiary/aromatic N) is 1. The van der Waals surface area contributed by atoms with E-state index in [-0.39, 0.29) is 4.90 Å². The Morgan fingerprint density at radius 2 is 1.63 bits per heavy atom. The van der Waals surface area contributed by atoms with E-state index >= 15 is 0 Å². The summed E-state index contributed by atoms with van der Waals surface area (Å²) in [7, 11) is -0.706. The maximum Gasteiger partial charge on any atom is 0.307 e. The van der Waals surface area contributed by atoms with E-state index in [0.29, 0.717) is 5.56 Å². The van der Waals surface area contributed by atoms with Crippen LogP contribution in [0.4, 0.5) is 4.39 Å². The summed E-state index contributed by atoms with van der Waals surface area (Å²) in [6.07, 6.45) is -1.58. The average molecular weight is 393 g/mol. The van der Waals surface area contributed by atoms with Gasteiger partial charge in [0.05, 0.1) is 17.1 Å². The van der Waals surface area contributed by atoms with E-state index in [1.54, 1.807) is 30.3 Å². The second-order valence-corrected chi connectivity index (χ2v) is 8.15. The molecule has 1 atom stereocenters. The number of hydrogen-bond acceptors (Lipinski definition) is 5. The smallest absolute Gasteiger partial charge is 0.307 e. The van der Waals surface area contributed by atoms with Gasteiger partial charge in [0.15, 0.2) is 9.84 Å². The molecule has 27 heavy (non-hydrogen) atoms. The number of benzene rings is 2. The summed E-state index contributed by atoms with van der Waals surface area (Å²) in [4.78, 5) is 25.7. The van der Waals surface area contributed by atoms with E-state index in [0.717, 1.165) is 24.3 Å². The molecule has 2 rings (SSSR count). The van der Waals surface area contributed by atoms with Crippen LogP contribution in [0.2, 0.25) is 0 Å². The van der Waals surface area contributed by atoms with Crippen molar-refractivity contribution in [1.82, 2.24) is 4.90 Å². The summed E-state index contributed by atoms with van der Waals surface area (Å²) in [5.41, 5.74) is 0.492. The van der Waals surface area contributed by atoms with E-state index in [1.807, 2.05) is 0 Å². The Kier molecular flexibility index (Phi) is 6.68. The van der Waals surface area contributed by atoms with Gasteiger partial charge < -0.3 is 9.64 Å². The molecule has 0 N–H and O–H groups in total. The fourth-order valence-electron chi connectivity index (χ4n) is 2.29. The molecule has 2 aromatic carbocycles. The van der Waals surface area contributed by atoms with Gasteiger partial charge in [0.25, 0.3) is 5.91 Å². The van der Waals surface area contributed by atoms with Crippen molar-refractivity contribution in [2.24, 2.45) is 0 Å². The number of likely N-dealkylation sites (N-methyl/N-ethyl adjacent to an activating group) is 1. The third-order valence-electron chi connectivity index (χ3n) is 3.76. The van der Waals surface area contributed by atoms with Crippen molar-refractivity contribution in [3.8, 4) is 0 Å². The summed E-state index contributed by atoms with van der Waals surface area (Å²) in [6.45, 7) is 0. The molecule has 0 radical (unpaired) electrons. The van der Waals surface area contributed by atoms with E-state index in [2.05, 4.69) is 0 Å². The van der Waals surface area contributed by atoms with Gasteiger partial charge in [-0.15, -0.1) is 0 Å². The van der Waals surface area contributed by atoms with Crippen LogP contribution in [0, 0.1) is 5.82 Å². The molecular weight excluding hydrogens is 373 g/mol. The highest BCUT2D eigenvalue weighted by molar-refractivity contribution is 7.91. The maximum absolute atomic E-state index is 12.9. The molecule has 0 heterocycles. The molecule has 0 aliphatic rings. The fraction of sp³-hybridized carbons (Fsp3) is 0.263. The van der Waals surface area contributed by atoms with E-state index in [9.17, 15) is 22.4 Å². The Balaban J connectivity index is 2.07. The second-order valence-electron chi connectivity index (χ2n) is 6.04. The van der Waals surface area contributed by atoms with Gasteiger partial charge in [-0.1, -0.05) is 30.3 Å². The molecule has 0 aliphatic carbocycles. The fourth-order valence-corrected chi connectivity index (χ4v) is 3.51. The number of halogens is 1. The zero-order valence-electron chi connectivity index (χ0n) is 15.0. The number of carbonyl (C=O) groups is 2. The molecule has 0 saturated heterocycles. The zero-order chi connectivity index (χ0) is 20.0. The quantitative estimate of drug-likeness (QED) is 0.533. The van der Waals surface area contributed by atoms with Gasteiger partial charge in [0.2, 0.25) is 6.10 Å². The van der Waals surface area contributed by atoms with E-state index < -0.39 is 45.8 Å². The summed E-state index contributed by atoms with van der Waals surface area (Å²) in [5, 5.41) is 0. The van der Waals surface area contributed by atoms with Crippen LogP contribution in [-0.4, -0.2) is 45.0 Å². The third kappa shape index (κ3) is 5.62. The van der Waals surface area contributed by atoms with Gasteiger partial charge in [0, 0.05) is 19.7 Å². The topological polar surface area (TPSA) is 80.8 Å². The number of sulfone groups is 1. The monoisotopic (exact) mass is 393 g/mol. The van der Waals surface area contributed by atoms with Crippen molar-refractivity contribution in [1.29, 1.82) is 0 Å². The number of hydrogen-bond donors (Lipinski definition) is 0. The Morgan fingerprint density at radius 3 is 2.19 bits per heavy atom. The maximum atomic E-state index is 12.9. The minimum atomic E-state index is -3.77. The van der Waals surface area contributed by atoms with E-state index in [4.69, 9.17) is 4.74 Å². The first-order valence-electron chi connectivity index (χ1n) is 8.14. The molecule has 0 saturated carbocycles. The predicted octanol–water partition coefficient (Wildman–Crippen LogP) is 2.36. The van der Waals surface area contributed by atoms with Crippen molar-refractivity contribution in [2.75, 3.05) is 19.8 Å². The first-order chi connectivity index (χ1) is 12.7. The van der Waals surface area contributed by atoms with Gasteiger partial charge in [-0.3, -0.25) is 9.59 Å². The highest BCUT2D eigenvalue weighted by Crippen LogP contribution is 2.21. The van der Waals surface area contributed by atoms with Crippen molar-refractivity contribution >= 4 is 21.7 Å². The molecule has 6 nitrogen and oxygen atoms in total. The predicted molar refractivity (Wildman–Crippen MR) is 97.0 cm³/mol. The lowest BCUT2D eigenvalue weighted by Crippen LogP contribution is -2.31. The summed E-state index contributed by atoms with van der Waals surface area (Å²) in [6, 6.07) is 12.8. The van der Waals surface area contributed by atoms with Crippen molar-refractivity contribution < 1.29 is 27.1 Å². The molecular formula is C19H20FNO5S. The van der Waals surface area contributed by atoms with Crippen LogP contribution in [0.1, 0.15) is 18.1 Å². The van der Waals surface area contributed by atoms with E-state index in [1.165, 1.54) is 19.0 Å². The average Bonchev–Trinajstić information content (AvgIpc) is 2.65. The highest BCUT2D eigenvalue weighted by Gasteiger charge is 2.27. The third-order valence-corrected chi connectivity index (χ3v) is 5.50. The summed E-state index contributed by atoms with van der Waals surface area (Å²) in [5.74, 6) is -2.31. The molecule has 0 fully saturated rings. The van der Waals surface area contributed by atoms with Crippen molar-refractivity contribution in [3.05, 3.63) is 66.0 Å². The number of amides is 1. The molecule has 1 amide bonds. The lowest BCUT2D eigenvalue weighted by molar-refractivity contribution is -0.159. The highest BCUT2D eigenvalue weighted by atomic mass is 32.2. The van der Waals surface area contributed by atoms with Crippen molar-refractivity contribution in [3.63, 3.8) is 0 Å². The Morgan fingerprint density at radius 1 is 1.04 bits per heavy atom. The van der Waals surface area contributed by atoms with Gasteiger partial charge in [0.1, 0.15) is 5.82 Å². The molecule has 0 spiro atoms. The SMILES string of the molecule is CN(C)C(=O)[C@@H](OC(=O)CCS(=O)(=O)c1ccc(F)cc1)c1ccccc1. The summed E-state index contributed by atoms with van der Waals surface area (Å²) < 4.78 is 42.7. The number of carbonyl (C=O) groups excluding carboxylic acids is 2. The normalized spacial score (nSPS) is 12.3. The zero-order valence-corrected chi connectivity index (χ0v) is 15.8. The Labute approximate surface area is 157 Å². The molecule has 0 aliphatic heterocycles. The van der Waals surface area contributed by atoms with Crippen LogP contribution in [0.25, 0.3) is 0 Å². The largest absolute Gasteiger partial charge is 0.447 e. The van der Waals surface area contributed by atoms with Crippen LogP contribution < -0.4 is 0 Å². The number of esters is 1. The van der Waals surface area contributed by atoms with Crippen molar-refractivity contribution in [2.45, 2.75) is 17.4 Å². The first kappa shape index (κ1) is 20.6. The number of ether oxygens (including phenoxy) is 1. The number of rotatable bonds is 7. The lowest BCUT2D eigenvalue weighted by atomic mass is 10.1. The van der Waals surface area contributed by atoms with Crippen LogP contribution in [0.15, 0.2) is 59.5 Å². The minimum Gasteiger partial charge on any atom is -0.447 e. The standard InChI is InChI=1S/C19H20FNO5S/c1-21(2)19(23)18(14-6-4-3-5-7-14)26-17(22)12-13-27(24,25)16-10-8-15(20)9-11-16/h3-11,18H,12-13H2,1-2H3/t18-/m0/s1. The molecule has 0 aromatic heterocycles. The van der Waals surface area contributed by atoms with Gasteiger partial charge in [-0.05, 0) is 24.3 Å². The molecule has 144 valence electrons. The van der Waals surface area contributed by atoms with Crippen LogP contribution in [0.3, 0.4) is 0 Å². The molecule has 0 unspecified atom stereocenters. The Hall–Kier alpha value is -2.74. The Bertz CT molecular complexity index is 895. The van der Waals surface area contributed by atoms with Gasteiger partial charge >= 0.3 is 5.97 Å². The first-order valence-corrected chi connectivity index (χ1v) is 9.80. The molecule has 0 bridgehead atoms. The molecule has 2 aromatic rings. The second kappa shape index (κ2) is 8.77.